The minimum atomic E-state index is -0.852. The first-order valence-electron chi connectivity index (χ1n) is 10.2. The zero-order chi connectivity index (χ0) is 21.6. The molecule has 0 bridgehead atoms. The van der Waals surface area contributed by atoms with Crippen LogP contribution in [0.4, 0.5) is 0 Å². The van der Waals surface area contributed by atoms with Crippen LogP contribution in [0.2, 0.25) is 0 Å². The van der Waals surface area contributed by atoms with E-state index in [2.05, 4.69) is 4.98 Å². The van der Waals surface area contributed by atoms with E-state index in [1.165, 1.54) is 0 Å². The molecule has 0 spiro atoms. The van der Waals surface area contributed by atoms with Gasteiger partial charge in [-0.05, 0) is 48.9 Å². The lowest BCUT2D eigenvalue weighted by Gasteiger charge is -2.15. The lowest BCUT2D eigenvalue weighted by molar-refractivity contribution is -0.140. The maximum absolute atomic E-state index is 11.6. The molecule has 0 aliphatic carbocycles. The lowest BCUT2D eigenvalue weighted by Crippen LogP contribution is -2.20. The summed E-state index contributed by atoms with van der Waals surface area (Å²) in [6, 6.07) is 20.4. The molecule has 0 aliphatic heterocycles. The number of rotatable bonds is 9. The van der Waals surface area contributed by atoms with Gasteiger partial charge in [-0.1, -0.05) is 30.3 Å². The first kappa shape index (κ1) is 20.5. The molecule has 1 N–H and O–H groups in total. The molecule has 31 heavy (non-hydrogen) atoms. The normalized spacial score (nSPS) is 11.9. The summed E-state index contributed by atoms with van der Waals surface area (Å²) >= 11 is 0. The number of hydrogen-bond donors (Lipinski definition) is 1. The molecule has 158 valence electrons. The summed E-state index contributed by atoms with van der Waals surface area (Å²) in [6.45, 7) is 2.38. The summed E-state index contributed by atoms with van der Waals surface area (Å²) in [7, 11) is 0. The van der Waals surface area contributed by atoms with E-state index in [4.69, 9.17) is 9.15 Å². The first-order chi connectivity index (χ1) is 15.1. The standard InChI is InChI=1S/C25H24N2O4/c1-18-22(26-24(31-18)20-7-3-2-4-8-20)13-16-30-21-11-9-19(10-12-21)17-23(25(28)29)27-14-5-6-15-27/h2-12,14-15,23H,13,16-17H2,1H3,(H,28,29)/t23-/m0/s1. The van der Waals surface area contributed by atoms with Crippen molar-refractivity contribution in [2.75, 3.05) is 6.61 Å². The third kappa shape index (κ3) is 5.04. The molecular formula is C25H24N2O4. The summed E-state index contributed by atoms with van der Waals surface area (Å²) in [6.07, 6.45) is 4.58. The number of aliphatic carboxylic acids is 1. The van der Waals surface area contributed by atoms with Crippen LogP contribution < -0.4 is 4.74 Å². The van der Waals surface area contributed by atoms with Gasteiger partial charge >= 0.3 is 5.97 Å². The number of carboxylic acid groups (broad SMARTS) is 1. The molecule has 0 amide bonds. The minimum Gasteiger partial charge on any atom is -0.493 e. The molecule has 2 aromatic heterocycles. The number of aromatic nitrogens is 2. The van der Waals surface area contributed by atoms with Gasteiger partial charge in [-0.2, -0.15) is 0 Å². The van der Waals surface area contributed by atoms with E-state index in [1.54, 1.807) is 17.0 Å². The second kappa shape index (κ2) is 9.34. The highest BCUT2D eigenvalue weighted by Gasteiger charge is 2.19. The first-order valence-corrected chi connectivity index (χ1v) is 10.2. The monoisotopic (exact) mass is 416 g/mol. The Morgan fingerprint density at radius 3 is 2.45 bits per heavy atom. The molecule has 2 aromatic carbocycles. The molecule has 0 aliphatic rings. The third-order valence-electron chi connectivity index (χ3n) is 5.15. The molecule has 2 heterocycles. The van der Waals surface area contributed by atoms with E-state index in [1.807, 2.05) is 73.7 Å². The highest BCUT2D eigenvalue weighted by molar-refractivity contribution is 5.72. The van der Waals surface area contributed by atoms with E-state index >= 15 is 0 Å². The van der Waals surface area contributed by atoms with E-state index in [9.17, 15) is 9.90 Å². The largest absolute Gasteiger partial charge is 0.493 e. The summed E-state index contributed by atoms with van der Waals surface area (Å²) in [5.41, 5.74) is 2.77. The van der Waals surface area contributed by atoms with Crippen LogP contribution in [0.3, 0.4) is 0 Å². The van der Waals surface area contributed by atoms with Crippen LogP contribution in [-0.4, -0.2) is 27.2 Å². The number of hydrogen-bond acceptors (Lipinski definition) is 4. The lowest BCUT2D eigenvalue weighted by atomic mass is 10.1. The van der Waals surface area contributed by atoms with Crippen molar-refractivity contribution in [3.63, 3.8) is 0 Å². The Hall–Kier alpha value is -3.80. The molecule has 4 aromatic rings. The number of nitrogens with zero attached hydrogens (tertiary/aromatic N) is 2. The molecule has 6 nitrogen and oxygen atoms in total. The van der Waals surface area contributed by atoms with Crippen molar-refractivity contribution in [2.24, 2.45) is 0 Å². The predicted octanol–water partition coefficient (Wildman–Crippen LogP) is 4.94. The summed E-state index contributed by atoms with van der Waals surface area (Å²) in [5.74, 6) is 1.30. The van der Waals surface area contributed by atoms with Crippen LogP contribution in [0.25, 0.3) is 11.5 Å². The predicted molar refractivity (Wildman–Crippen MR) is 117 cm³/mol. The quantitative estimate of drug-likeness (QED) is 0.418. The van der Waals surface area contributed by atoms with Gasteiger partial charge in [-0.15, -0.1) is 0 Å². The second-order valence-electron chi connectivity index (χ2n) is 7.32. The number of aryl methyl sites for hydroxylation is 1. The van der Waals surface area contributed by atoms with Gasteiger partial charge in [-0.25, -0.2) is 9.78 Å². The zero-order valence-electron chi connectivity index (χ0n) is 17.3. The SMILES string of the molecule is Cc1oc(-c2ccccc2)nc1CCOc1ccc(C[C@@H](C(=O)O)n2cccc2)cc1. The van der Waals surface area contributed by atoms with Gasteiger partial charge in [0.05, 0.1) is 12.3 Å². The van der Waals surface area contributed by atoms with Crippen molar-refractivity contribution in [1.82, 2.24) is 9.55 Å². The highest BCUT2D eigenvalue weighted by Crippen LogP contribution is 2.22. The van der Waals surface area contributed by atoms with Crippen LogP contribution >= 0.6 is 0 Å². The Balaban J connectivity index is 1.33. The molecule has 0 fully saturated rings. The average Bonchev–Trinajstić information content (AvgIpc) is 3.44. The van der Waals surface area contributed by atoms with Crippen molar-refractivity contribution in [3.8, 4) is 17.2 Å². The Labute approximate surface area is 180 Å². The fourth-order valence-corrected chi connectivity index (χ4v) is 3.45. The van der Waals surface area contributed by atoms with Gasteiger partial charge in [0, 0.05) is 30.8 Å². The Morgan fingerprint density at radius 1 is 1.06 bits per heavy atom. The number of benzene rings is 2. The third-order valence-corrected chi connectivity index (χ3v) is 5.15. The number of oxazole rings is 1. The molecule has 4 rings (SSSR count). The van der Waals surface area contributed by atoms with Gasteiger partial charge in [0.25, 0.3) is 0 Å². The number of ether oxygens (including phenoxy) is 1. The van der Waals surface area contributed by atoms with E-state index in [-0.39, 0.29) is 0 Å². The van der Waals surface area contributed by atoms with Crippen LogP contribution in [-0.2, 0) is 17.6 Å². The highest BCUT2D eigenvalue weighted by atomic mass is 16.5. The number of carboxylic acids is 1. The van der Waals surface area contributed by atoms with E-state index in [0.29, 0.717) is 25.3 Å². The molecule has 0 saturated heterocycles. The Bertz CT molecular complexity index is 1120. The van der Waals surface area contributed by atoms with Crippen molar-refractivity contribution >= 4 is 5.97 Å². The second-order valence-corrected chi connectivity index (χ2v) is 7.32. The van der Waals surface area contributed by atoms with E-state index in [0.717, 1.165) is 28.3 Å². The molecule has 6 heteroatoms. The van der Waals surface area contributed by atoms with Gasteiger partial charge in [0.2, 0.25) is 5.89 Å². The molecular weight excluding hydrogens is 392 g/mol. The number of carbonyl (C=O) groups is 1. The van der Waals surface area contributed by atoms with E-state index < -0.39 is 12.0 Å². The van der Waals surface area contributed by atoms with Gasteiger partial charge in [-0.3, -0.25) is 0 Å². The van der Waals surface area contributed by atoms with Crippen molar-refractivity contribution in [1.29, 1.82) is 0 Å². The van der Waals surface area contributed by atoms with Crippen LogP contribution in [0.15, 0.2) is 83.5 Å². The smallest absolute Gasteiger partial charge is 0.327 e. The Kier molecular flexibility index (Phi) is 6.17. The molecule has 0 radical (unpaired) electrons. The van der Waals surface area contributed by atoms with Crippen LogP contribution in [0.5, 0.6) is 5.75 Å². The topological polar surface area (TPSA) is 77.5 Å². The summed E-state index contributed by atoms with van der Waals surface area (Å²) in [5, 5.41) is 9.52. The molecule has 1 atom stereocenters. The van der Waals surface area contributed by atoms with Crippen LogP contribution in [0.1, 0.15) is 23.1 Å². The Morgan fingerprint density at radius 2 is 1.77 bits per heavy atom. The van der Waals surface area contributed by atoms with Gasteiger partial charge in [0.1, 0.15) is 17.6 Å². The fourth-order valence-electron chi connectivity index (χ4n) is 3.45. The zero-order valence-corrected chi connectivity index (χ0v) is 17.3. The van der Waals surface area contributed by atoms with Gasteiger partial charge < -0.3 is 18.8 Å². The molecule has 0 saturated carbocycles. The fraction of sp³-hybridized carbons (Fsp3) is 0.200. The van der Waals surface area contributed by atoms with Crippen LogP contribution in [0, 0.1) is 6.92 Å². The van der Waals surface area contributed by atoms with Crippen molar-refractivity contribution < 1.29 is 19.1 Å². The van der Waals surface area contributed by atoms with Gasteiger partial charge in [0.15, 0.2) is 0 Å². The maximum Gasteiger partial charge on any atom is 0.327 e. The maximum atomic E-state index is 11.6. The minimum absolute atomic E-state index is 0.407. The summed E-state index contributed by atoms with van der Waals surface area (Å²) in [4.78, 5) is 16.2. The van der Waals surface area contributed by atoms with Crippen molar-refractivity contribution in [3.05, 3.63) is 96.1 Å². The average molecular weight is 416 g/mol. The summed E-state index contributed by atoms with van der Waals surface area (Å²) < 4.78 is 13.4. The molecule has 0 unspecified atom stereocenters. The van der Waals surface area contributed by atoms with Crippen molar-refractivity contribution in [2.45, 2.75) is 25.8 Å².